The summed E-state index contributed by atoms with van der Waals surface area (Å²) in [4.78, 5) is 11.2. The highest BCUT2D eigenvalue weighted by atomic mass is 16.5. The van der Waals surface area contributed by atoms with Crippen LogP contribution in [0.1, 0.15) is 33.6 Å². The van der Waals surface area contributed by atoms with Gasteiger partial charge in [0, 0.05) is 17.5 Å². The molecular formula is C19H30N4O2. The van der Waals surface area contributed by atoms with Gasteiger partial charge in [-0.05, 0) is 45.5 Å². The second-order valence-electron chi connectivity index (χ2n) is 6.16. The third kappa shape index (κ3) is 4.95. The highest BCUT2D eigenvalue weighted by molar-refractivity contribution is 5.91. The van der Waals surface area contributed by atoms with E-state index in [2.05, 4.69) is 41.0 Å². The van der Waals surface area contributed by atoms with Crippen LogP contribution in [0.3, 0.4) is 0 Å². The maximum atomic E-state index is 5.41. The average molecular weight is 346 g/mol. The van der Waals surface area contributed by atoms with Crippen molar-refractivity contribution in [1.29, 1.82) is 0 Å². The molecule has 0 spiro atoms. The summed E-state index contributed by atoms with van der Waals surface area (Å²) in [5.41, 5.74) is 0.838. The molecule has 25 heavy (non-hydrogen) atoms. The van der Waals surface area contributed by atoms with Gasteiger partial charge in [-0.1, -0.05) is 13.8 Å². The Kier molecular flexibility index (Phi) is 7.25. The quantitative estimate of drug-likeness (QED) is 0.710. The van der Waals surface area contributed by atoms with Crippen LogP contribution in [0.15, 0.2) is 18.5 Å². The van der Waals surface area contributed by atoms with E-state index >= 15 is 0 Å². The maximum Gasteiger partial charge on any atom is 0.162 e. The van der Waals surface area contributed by atoms with Gasteiger partial charge in [0.15, 0.2) is 11.5 Å². The monoisotopic (exact) mass is 346 g/mol. The molecule has 138 valence electrons. The van der Waals surface area contributed by atoms with E-state index in [0.29, 0.717) is 17.5 Å². The van der Waals surface area contributed by atoms with E-state index < -0.39 is 0 Å². The second kappa shape index (κ2) is 9.42. The number of anilines is 1. The third-order valence-electron chi connectivity index (χ3n) is 4.53. The highest BCUT2D eigenvalue weighted by Gasteiger charge is 2.12. The standard InChI is InChI=1S/C19H30N4O2/c1-6-23(7-2)10-8-9-14(3)22-19-15-11-17(24-4)18(25-5)12-16(15)20-13-21-19/h11-14H,6-10H2,1-5H3,(H,20,21,22). The zero-order chi connectivity index (χ0) is 18.2. The fraction of sp³-hybridized carbons (Fsp3) is 0.579. The van der Waals surface area contributed by atoms with Crippen molar-refractivity contribution >= 4 is 16.7 Å². The Labute approximate surface area is 150 Å². The number of nitrogens with one attached hydrogen (secondary N) is 1. The van der Waals surface area contributed by atoms with Crippen LogP contribution in [0, 0.1) is 0 Å². The third-order valence-corrected chi connectivity index (χ3v) is 4.53. The topological polar surface area (TPSA) is 59.5 Å². The lowest BCUT2D eigenvalue weighted by Crippen LogP contribution is -2.25. The molecule has 0 bridgehead atoms. The van der Waals surface area contributed by atoms with E-state index in [-0.39, 0.29) is 0 Å². The SMILES string of the molecule is CCN(CC)CCCC(C)Nc1ncnc2cc(OC)c(OC)cc12. The Morgan fingerprint density at radius 3 is 2.40 bits per heavy atom. The number of ether oxygens (including phenoxy) is 2. The highest BCUT2D eigenvalue weighted by Crippen LogP contribution is 2.33. The number of rotatable bonds is 10. The van der Waals surface area contributed by atoms with Crippen LogP contribution < -0.4 is 14.8 Å². The molecule has 2 rings (SSSR count). The van der Waals surface area contributed by atoms with E-state index in [1.54, 1.807) is 20.5 Å². The molecule has 0 saturated carbocycles. The summed E-state index contributed by atoms with van der Waals surface area (Å²) in [7, 11) is 3.26. The minimum absolute atomic E-state index is 0.335. The van der Waals surface area contributed by atoms with Gasteiger partial charge < -0.3 is 19.7 Å². The van der Waals surface area contributed by atoms with Crippen LogP contribution in [-0.4, -0.2) is 54.8 Å². The summed E-state index contributed by atoms with van der Waals surface area (Å²) in [6.45, 7) is 9.96. The number of benzene rings is 1. The first-order valence-corrected chi connectivity index (χ1v) is 8.98. The van der Waals surface area contributed by atoms with Crippen molar-refractivity contribution in [3.63, 3.8) is 0 Å². The molecule has 0 amide bonds. The number of hydrogen-bond acceptors (Lipinski definition) is 6. The van der Waals surface area contributed by atoms with Crippen molar-refractivity contribution in [3.05, 3.63) is 18.5 Å². The predicted octanol–water partition coefficient (Wildman–Crippen LogP) is 3.57. The summed E-state index contributed by atoms with van der Waals surface area (Å²) in [5.74, 6) is 2.19. The fourth-order valence-corrected chi connectivity index (χ4v) is 2.96. The zero-order valence-corrected chi connectivity index (χ0v) is 16.0. The van der Waals surface area contributed by atoms with Gasteiger partial charge in [-0.3, -0.25) is 0 Å². The number of hydrogen-bond donors (Lipinski definition) is 1. The largest absolute Gasteiger partial charge is 0.493 e. The average Bonchev–Trinajstić information content (AvgIpc) is 2.64. The molecule has 0 aliphatic heterocycles. The van der Waals surface area contributed by atoms with Gasteiger partial charge >= 0.3 is 0 Å². The number of nitrogens with zero attached hydrogens (tertiary/aromatic N) is 3. The first kappa shape index (κ1) is 19.2. The lowest BCUT2D eigenvalue weighted by atomic mass is 10.1. The van der Waals surface area contributed by atoms with Gasteiger partial charge in [0.1, 0.15) is 12.1 Å². The van der Waals surface area contributed by atoms with Crippen molar-refractivity contribution < 1.29 is 9.47 Å². The van der Waals surface area contributed by atoms with Crippen LogP contribution in [0.2, 0.25) is 0 Å². The molecule has 1 aromatic carbocycles. The molecule has 1 aromatic heterocycles. The lowest BCUT2D eigenvalue weighted by Gasteiger charge is -2.20. The Balaban J connectivity index is 2.09. The minimum Gasteiger partial charge on any atom is -0.493 e. The molecule has 1 N–H and O–H groups in total. The number of aromatic nitrogens is 2. The van der Waals surface area contributed by atoms with Gasteiger partial charge in [-0.15, -0.1) is 0 Å². The molecule has 2 aromatic rings. The normalized spacial score (nSPS) is 12.4. The number of fused-ring (bicyclic) bond motifs is 1. The fourth-order valence-electron chi connectivity index (χ4n) is 2.96. The van der Waals surface area contributed by atoms with Crippen LogP contribution in [0.4, 0.5) is 5.82 Å². The second-order valence-corrected chi connectivity index (χ2v) is 6.16. The first-order chi connectivity index (χ1) is 12.1. The summed E-state index contributed by atoms with van der Waals surface area (Å²) in [6.07, 6.45) is 3.84. The van der Waals surface area contributed by atoms with E-state index in [0.717, 1.165) is 49.2 Å². The Bertz CT molecular complexity index is 674. The maximum absolute atomic E-state index is 5.41. The van der Waals surface area contributed by atoms with Gasteiger partial charge in [0.2, 0.25) is 0 Å². The van der Waals surface area contributed by atoms with E-state index in [1.807, 2.05) is 12.1 Å². The molecular weight excluding hydrogens is 316 g/mol. The van der Waals surface area contributed by atoms with Crippen molar-refractivity contribution in [3.8, 4) is 11.5 Å². The van der Waals surface area contributed by atoms with Crippen LogP contribution in [0.5, 0.6) is 11.5 Å². The van der Waals surface area contributed by atoms with Gasteiger partial charge in [-0.25, -0.2) is 9.97 Å². The smallest absolute Gasteiger partial charge is 0.162 e. The zero-order valence-electron chi connectivity index (χ0n) is 16.0. The van der Waals surface area contributed by atoms with Crippen LogP contribution in [-0.2, 0) is 0 Å². The van der Waals surface area contributed by atoms with E-state index in [9.17, 15) is 0 Å². The molecule has 0 saturated heterocycles. The van der Waals surface area contributed by atoms with Gasteiger partial charge in [0.25, 0.3) is 0 Å². The molecule has 0 fully saturated rings. The molecule has 0 radical (unpaired) electrons. The van der Waals surface area contributed by atoms with E-state index in [4.69, 9.17) is 9.47 Å². The van der Waals surface area contributed by atoms with Crippen molar-refractivity contribution in [2.24, 2.45) is 0 Å². The first-order valence-electron chi connectivity index (χ1n) is 8.98. The van der Waals surface area contributed by atoms with Gasteiger partial charge in [0.05, 0.1) is 19.7 Å². The minimum atomic E-state index is 0.335. The molecule has 6 nitrogen and oxygen atoms in total. The summed E-state index contributed by atoms with van der Waals surface area (Å²) < 4.78 is 10.8. The summed E-state index contributed by atoms with van der Waals surface area (Å²) in [6, 6.07) is 4.15. The summed E-state index contributed by atoms with van der Waals surface area (Å²) in [5, 5.41) is 4.46. The molecule has 1 heterocycles. The summed E-state index contributed by atoms with van der Waals surface area (Å²) >= 11 is 0. The van der Waals surface area contributed by atoms with Crippen LogP contribution in [0.25, 0.3) is 10.9 Å². The lowest BCUT2D eigenvalue weighted by molar-refractivity contribution is 0.295. The molecule has 1 atom stereocenters. The Hall–Kier alpha value is -2.08. The molecule has 0 aliphatic carbocycles. The van der Waals surface area contributed by atoms with Crippen molar-refractivity contribution in [2.45, 2.75) is 39.7 Å². The molecule has 0 aliphatic rings. The Morgan fingerprint density at radius 2 is 1.76 bits per heavy atom. The van der Waals surface area contributed by atoms with E-state index in [1.165, 1.54) is 0 Å². The van der Waals surface area contributed by atoms with Gasteiger partial charge in [-0.2, -0.15) is 0 Å². The predicted molar refractivity (Wildman–Crippen MR) is 103 cm³/mol. The molecule has 1 unspecified atom stereocenters. The molecule has 6 heteroatoms. The van der Waals surface area contributed by atoms with Crippen molar-refractivity contribution in [1.82, 2.24) is 14.9 Å². The van der Waals surface area contributed by atoms with Crippen molar-refractivity contribution in [2.75, 3.05) is 39.2 Å². The van der Waals surface area contributed by atoms with Crippen LogP contribution >= 0.6 is 0 Å². The number of methoxy groups -OCH3 is 2. The Morgan fingerprint density at radius 1 is 1.08 bits per heavy atom.